The third-order valence-corrected chi connectivity index (χ3v) is 4.17. The van der Waals surface area contributed by atoms with Crippen LogP contribution in [0.3, 0.4) is 0 Å². The second-order valence-electron chi connectivity index (χ2n) is 5.91. The van der Waals surface area contributed by atoms with Crippen molar-refractivity contribution in [2.24, 2.45) is 0 Å². The van der Waals surface area contributed by atoms with Crippen LogP contribution in [-0.4, -0.2) is 23.1 Å². The number of nitro benzene ring substituents is 1. The Morgan fingerprint density at radius 2 is 2.00 bits per heavy atom. The van der Waals surface area contributed by atoms with Crippen LogP contribution in [0.5, 0.6) is 0 Å². The zero-order chi connectivity index (χ0) is 20.3. The Kier molecular flexibility index (Phi) is 5.35. The number of nitro groups is 1. The Morgan fingerprint density at radius 3 is 2.64 bits per heavy atom. The predicted molar refractivity (Wildman–Crippen MR) is 98.4 cm³/mol. The van der Waals surface area contributed by atoms with Crippen LogP contribution >= 0.6 is 0 Å². The van der Waals surface area contributed by atoms with Crippen molar-refractivity contribution in [3.63, 3.8) is 0 Å². The molecule has 3 aromatic rings. The van der Waals surface area contributed by atoms with Crippen molar-refractivity contribution in [3.8, 4) is 11.3 Å². The molecule has 0 atom stereocenters. The molecule has 1 N–H and O–H groups in total. The second kappa shape index (κ2) is 7.87. The number of nitrogens with one attached hydrogen (secondary N) is 1. The van der Waals surface area contributed by atoms with Gasteiger partial charge in [-0.15, -0.1) is 0 Å². The third kappa shape index (κ3) is 3.83. The van der Waals surface area contributed by atoms with Gasteiger partial charge < -0.3 is 14.6 Å². The number of hydrogen-bond acceptors (Lipinski definition) is 7. The van der Waals surface area contributed by atoms with Crippen molar-refractivity contribution in [1.82, 2.24) is 5.16 Å². The normalized spacial score (nSPS) is 10.5. The van der Waals surface area contributed by atoms with E-state index in [-0.39, 0.29) is 29.4 Å². The van der Waals surface area contributed by atoms with E-state index in [4.69, 9.17) is 9.26 Å². The highest BCUT2D eigenvalue weighted by atomic mass is 19.1. The van der Waals surface area contributed by atoms with Crippen molar-refractivity contribution >= 4 is 17.3 Å². The first-order chi connectivity index (χ1) is 13.4. The lowest BCUT2D eigenvalue weighted by Crippen LogP contribution is -2.07. The van der Waals surface area contributed by atoms with E-state index in [1.807, 2.05) is 0 Å². The Morgan fingerprint density at radius 1 is 1.29 bits per heavy atom. The maximum absolute atomic E-state index is 13.1. The van der Waals surface area contributed by atoms with E-state index in [9.17, 15) is 19.3 Å². The molecule has 0 aliphatic rings. The summed E-state index contributed by atoms with van der Waals surface area (Å²) in [5.41, 5.74) is 1.80. The highest BCUT2D eigenvalue weighted by Gasteiger charge is 2.19. The molecule has 0 saturated heterocycles. The van der Waals surface area contributed by atoms with Crippen LogP contribution in [0.25, 0.3) is 11.3 Å². The van der Waals surface area contributed by atoms with Crippen molar-refractivity contribution < 1.29 is 23.4 Å². The van der Waals surface area contributed by atoms with Gasteiger partial charge in [0.05, 0.1) is 10.5 Å². The highest BCUT2D eigenvalue weighted by Crippen LogP contribution is 2.27. The smallest absolute Gasteiger partial charge is 0.338 e. The average molecular weight is 385 g/mol. The summed E-state index contributed by atoms with van der Waals surface area (Å²) in [4.78, 5) is 22.8. The fraction of sp³-hybridized carbons (Fsp3) is 0.158. The summed E-state index contributed by atoms with van der Waals surface area (Å²) in [7, 11) is 1.55. The molecule has 0 spiro atoms. The number of halogens is 1. The van der Waals surface area contributed by atoms with Crippen LogP contribution in [0.1, 0.15) is 21.6 Å². The number of esters is 1. The second-order valence-corrected chi connectivity index (χ2v) is 5.91. The lowest BCUT2D eigenvalue weighted by atomic mass is 10.1. The summed E-state index contributed by atoms with van der Waals surface area (Å²) in [6, 6.07) is 9.73. The van der Waals surface area contributed by atoms with Crippen LogP contribution in [0.4, 0.5) is 15.8 Å². The molecule has 0 saturated carbocycles. The molecule has 1 aromatic heterocycles. The maximum Gasteiger partial charge on any atom is 0.338 e. The quantitative estimate of drug-likeness (QED) is 0.387. The van der Waals surface area contributed by atoms with Gasteiger partial charge in [-0.1, -0.05) is 5.16 Å². The van der Waals surface area contributed by atoms with E-state index in [1.165, 1.54) is 24.3 Å². The number of benzene rings is 2. The van der Waals surface area contributed by atoms with Crippen LogP contribution in [0, 0.1) is 22.9 Å². The minimum Gasteiger partial charge on any atom is -0.455 e. The number of aromatic nitrogens is 1. The Hall–Kier alpha value is -3.75. The first-order valence-electron chi connectivity index (χ1n) is 8.25. The van der Waals surface area contributed by atoms with E-state index in [0.29, 0.717) is 22.6 Å². The minimum absolute atomic E-state index is 0.0469. The highest BCUT2D eigenvalue weighted by molar-refractivity contribution is 5.91. The first-order valence-corrected chi connectivity index (χ1v) is 8.25. The number of ether oxygens (including phenoxy) is 1. The third-order valence-electron chi connectivity index (χ3n) is 4.17. The van der Waals surface area contributed by atoms with Crippen LogP contribution in [0.15, 0.2) is 47.0 Å². The lowest BCUT2D eigenvalue weighted by Gasteiger charge is -2.06. The molecule has 0 fully saturated rings. The standard InChI is InChI=1S/C19H16FN3O5/c1-11-16(22-28-18(11)12-3-6-14(20)7-4-12)10-27-19(24)13-5-8-15(21-2)17(9-13)23(25)26/h3-9,21H,10H2,1-2H3. The van der Waals surface area contributed by atoms with Gasteiger partial charge in [-0.05, 0) is 43.3 Å². The summed E-state index contributed by atoms with van der Waals surface area (Å²) in [6.07, 6.45) is 0. The van der Waals surface area contributed by atoms with Gasteiger partial charge in [0.25, 0.3) is 5.69 Å². The minimum atomic E-state index is -0.725. The number of hydrogen-bond donors (Lipinski definition) is 1. The summed E-state index contributed by atoms with van der Waals surface area (Å²) in [6.45, 7) is 1.57. The monoisotopic (exact) mass is 385 g/mol. The van der Waals surface area contributed by atoms with Gasteiger partial charge in [-0.3, -0.25) is 10.1 Å². The first kappa shape index (κ1) is 19.0. The topological polar surface area (TPSA) is 108 Å². The van der Waals surface area contributed by atoms with Crippen molar-refractivity contribution in [2.75, 3.05) is 12.4 Å². The van der Waals surface area contributed by atoms with E-state index < -0.39 is 10.9 Å². The molecule has 28 heavy (non-hydrogen) atoms. The molecule has 0 aliphatic carbocycles. The molecular weight excluding hydrogens is 369 g/mol. The van der Waals surface area contributed by atoms with E-state index in [2.05, 4.69) is 10.5 Å². The number of nitrogens with zero attached hydrogens (tertiary/aromatic N) is 2. The molecule has 0 aliphatic heterocycles. The number of carbonyl (C=O) groups is 1. The van der Waals surface area contributed by atoms with E-state index in [0.717, 1.165) is 6.07 Å². The summed E-state index contributed by atoms with van der Waals surface area (Å²) in [5, 5.41) is 17.7. The number of anilines is 1. The molecule has 2 aromatic carbocycles. The Bertz CT molecular complexity index is 1030. The average Bonchev–Trinajstić information content (AvgIpc) is 3.06. The largest absolute Gasteiger partial charge is 0.455 e. The maximum atomic E-state index is 13.1. The molecule has 0 bridgehead atoms. The van der Waals surface area contributed by atoms with Crippen molar-refractivity contribution in [1.29, 1.82) is 0 Å². The van der Waals surface area contributed by atoms with Crippen LogP contribution in [0.2, 0.25) is 0 Å². The van der Waals surface area contributed by atoms with Crippen LogP contribution < -0.4 is 5.32 Å². The van der Waals surface area contributed by atoms with Gasteiger partial charge in [-0.25, -0.2) is 9.18 Å². The molecule has 3 rings (SSSR count). The van der Waals surface area contributed by atoms with Crippen LogP contribution in [-0.2, 0) is 11.3 Å². The molecule has 8 nitrogen and oxygen atoms in total. The van der Waals surface area contributed by atoms with Gasteiger partial charge in [0.1, 0.15) is 23.8 Å². The SMILES string of the molecule is CNc1ccc(C(=O)OCc2noc(-c3ccc(F)cc3)c2C)cc1[N+](=O)[O-]. The number of carbonyl (C=O) groups excluding carboxylic acids is 1. The van der Waals surface area contributed by atoms with E-state index >= 15 is 0 Å². The zero-order valence-electron chi connectivity index (χ0n) is 15.1. The molecule has 0 amide bonds. The predicted octanol–water partition coefficient (Wildman–Crippen LogP) is 4.10. The molecule has 0 unspecified atom stereocenters. The molecule has 144 valence electrons. The van der Waals surface area contributed by atoms with Crippen molar-refractivity contribution in [3.05, 3.63) is 75.2 Å². The summed E-state index contributed by atoms with van der Waals surface area (Å²) >= 11 is 0. The van der Waals surface area contributed by atoms with Gasteiger partial charge >= 0.3 is 5.97 Å². The van der Waals surface area contributed by atoms with Gasteiger partial charge in [0.2, 0.25) is 0 Å². The van der Waals surface area contributed by atoms with Gasteiger partial charge in [-0.2, -0.15) is 0 Å². The summed E-state index contributed by atoms with van der Waals surface area (Å²) in [5.74, 6) is -0.648. The van der Waals surface area contributed by atoms with Gasteiger partial charge in [0.15, 0.2) is 5.76 Å². The van der Waals surface area contributed by atoms with E-state index in [1.54, 1.807) is 26.1 Å². The Labute approximate surface area is 159 Å². The zero-order valence-corrected chi connectivity index (χ0v) is 15.1. The molecular formula is C19H16FN3O5. The van der Waals surface area contributed by atoms with Gasteiger partial charge in [0, 0.05) is 24.2 Å². The Balaban J connectivity index is 1.74. The number of rotatable bonds is 6. The molecule has 9 heteroatoms. The summed E-state index contributed by atoms with van der Waals surface area (Å²) < 4.78 is 23.5. The molecule has 1 heterocycles. The molecule has 0 radical (unpaired) electrons. The fourth-order valence-electron chi connectivity index (χ4n) is 2.61. The van der Waals surface area contributed by atoms with Crippen molar-refractivity contribution in [2.45, 2.75) is 13.5 Å². The lowest BCUT2D eigenvalue weighted by molar-refractivity contribution is -0.384. The fourth-order valence-corrected chi connectivity index (χ4v) is 2.61.